The van der Waals surface area contributed by atoms with E-state index in [9.17, 15) is 0 Å². The van der Waals surface area contributed by atoms with Crippen molar-refractivity contribution in [2.24, 2.45) is 4.99 Å². The molecule has 2 N–H and O–H groups in total. The highest BCUT2D eigenvalue weighted by Crippen LogP contribution is 2.29. The number of nitrogens with zero attached hydrogens (tertiary/aromatic N) is 2. The number of hydrogen-bond donors (Lipinski definition) is 2. The predicted octanol–water partition coefficient (Wildman–Crippen LogP) is 3.48. The Hall–Kier alpha value is -1.98. The average Bonchev–Trinajstić information content (AvgIpc) is 3.35. The van der Waals surface area contributed by atoms with Crippen LogP contribution in [0.4, 0.5) is 0 Å². The number of furan rings is 1. The molecule has 1 saturated heterocycles. The van der Waals surface area contributed by atoms with Gasteiger partial charge in [0.2, 0.25) is 0 Å². The van der Waals surface area contributed by atoms with E-state index >= 15 is 0 Å². The predicted molar refractivity (Wildman–Crippen MR) is 141 cm³/mol. The van der Waals surface area contributed by atoms with Crippen molar-refractivity contribution >= 4 is 29.9 Å². The van der Waals surface area contributed by atoms with Crippen LogP contribution in [0.25, 0.3) is 0 Å². The Morgan fingerprint density at radius 2 is 2.00 bits per heavy atom. The van der Waals surface area contributed by atoms with E-state index in [4.69, 9.17) is 23.6 Å². The molecule has 1 aromatic heterocycles. The van der Waals surface area contributed by atoms with Crippen molar-refractivity contribution in [2.45, 2.75) is 25.8 Å². The van der Waals surface area contributed by atoms with Crippen LogP contribution in [0.3, 0.4) is 0 Å². The van der Waals surface area contributed by atoms with E-state index in [0.717, 1.165) is 87.6 Å². The van der Waals surface area contributed by atoms with E-state index in [1.807, 2.05) is 30.3 Å². The van der Waals surface area contributed by atoms with Gasteiger partial charge in [-0.25, -0.2) is 0 Å². The molecule has 0 radical (unpaired) electrons. The molecule has 0 spiro atoms. The molecule has 9 heteroatoms. The number of guanidine groups is 1. The molecule has 0 saturated carbocycles. The minimum atomic E-state index is -0.0193. The van der Waals surface area contributed by atoms with Gasteiger partial charge in [-0.1, -0.05) is 0 Å². The minimum absolute atomic E-state index is 0. The molecule has 1 atom stereocenters. The Balaban J connectivity index is 0.00000385. The second kappa shape index (κ2) is 15.0. The molecular formula is C24H37IN4O4. The van der Waals surface area contributed by atoms with Crippen molar-refractivity contribution in [1.82, 2.24) is 15.5 Å². The average molecular weight is 572 g/mol. The zero-order valence-electron chi connectivity index (χ0n) is 19.8. The zero-order chi connectivity index (χ0) is 22.6. The van der Waals surface area contributed by atoms with E-state index in [1.54, 1.807) is 20.5 Å². The van der Waals surface area contributed by atoms with Gasteiger partial charge in [0.1, 0.15) is 17.3 Å². The van der Waals surface area contributed by atoms with Crippen molar-refractivity contribution in [1.29, 1.82) is 0 Å². The standard InChI is InChI=1S/C24H36N4O4.HI/c1-19(22-18-21(29-2)7-8-23(22)30-3)27-24(26-11-9-20-6-4-15-32-20)25-10-5-12-28-13-16-31-17-14-28;/h4,6-8,15,18-19H,5,9-14,16-17H2,1-3H3,(H2,25,26,27);1H. The van der Waals surface area contributed by atoms with Crippen LogP contribution in [0.1, 0.15) is 30.7 Å². The maximum Gasteiger partial charge on any atom is 0.191 e. The molecule has 1 aromatic carbocycles. The highest BCUT2D eigenvalue weighted by Gasteiger charge is 2.15. The molecule has 184 valence electrons. The fraction of sp³-hybridized carbons (Fsp3) is 0.542. The largest absolute Gasteiger partial charge is 0.497 e. The van der Waals surface area contributed by atoms with Gasteiger partial charge >= 0.3 is 0 Å². The Labute approximate surface area is 214 Å². The summed E-state index contributed by atoms with van der Waals surface area (Å²) in [5.41, 5.74) is 1.01. The fourth-order valence-electron chi connectivity index (χ4n) is 3.68. The lowest BCUT2D eigenvalue weighted by Crippen LogP contribution is -2.40. The number of morpholine rings is 1. The number of aliphatic imine (C=N–C) groups is 1. The molecule has 0 aliphatic carbocycles. The first-order valence-corrected chi connectivity index (χ1v) is 11.3. The normalized spacial score (nSPS) is 15.4. The van der Waals surface area contributed by atoms with Gasteiger partial charge in [0.05, 0.1) is 39.7 Å². The number of ether oxygens (including phenoxy) is 3. The number of methoxy groups -OCH3 is 2. The third-order valence-electron chi connectivity index (χ3n) is 5.51. The lowest BCUT2D eigenvalue weighted by atomic mass is 10.1. The molecule has 8 nitrogen and oxygen atoms in total. The summed E-state index contributed by atoms with van der Waals surface area (Å²) in [7, 11) is 3.35. The molecule has 33 heavy (non-hydrogen) atoms. The third-order valence-corrected chi connectivity index (χ3v) is 5.51. The topological polar surface area (TPSA) is 80.5 Å². The molecule has 1 fully saturated rings. The lowest BCUT2D eigenvalue weighted by molar-refractivity contribution is 0.0377. The van der Waals surface area contributed by atoms with Crippen molar-refractivity contribution in [3.05, 3.63) is 47.9 Å². The van der Waals surface area contributed by atoms with E-state index < -0.39 is 0 Å². The summed E-state index contributed by atoms with van der Waals surface area (Å²) in [6, 6.07) is 9.69. The minimum Gasteiger partial charge on any atom is -0.497 e. The van der Waals surface area contributed by atoms with Crippen LogP contribution in [0, 0.1) is 0 Å². The lowest BCUT2D eigenvalue weighted by Gasteiger charge is -2.26. The number of nitrogens with one attached hydrogen (secondary N) is 2. The van der Waals surface area contributed by atoms with Crippen molar-refractivity contribution < 1.29 is 18.6 Å². The highest BCUT2D eigenvalue weighted by molar-refractivity contribution is 14.0. The van der Waals surface area contributed by atoms with Crippen LogP contribution >= 0.6 is 24.0 Å². The van der Waals surface area contributed by atoms with Crippen molar-refractivity contribution in [3.63, 3.8) is 0 Å². The molecule has 1 unspecified atom stereocenters. The first-order valence-electron chi connectivity index (χ1n) is 11.3. The van der Waals surface area contributed by atoms with E-state index in [-0.39, 0.29) is 30.0 Å². The third kappa shape index (κ3) is 9.05. The van der Waals surface area contributed by atoms with Crippen LogP contribution in [0.2, 0.25) is 0 Å². The highest BCUT2D eigenvalue weighted by atomic mass is 127. The Morgan fingerprint density at radius 3 is 2.70 bits per heavy atom. The maximum atomic E-state index is 5.56. The fourth-order valence-corrected chi connectivity index (χ4v) is 3.68. The molecule has 2 heterocycles. The molecule has 1 aliphatic rings. The summed E-state index contributed by atoms with van der Waals surface area (Å²) < 4.78 is 21.8. The van der Waals surface area contributed by atoms with Crippen LogP contribution < -0.4 is 20.1 Å². The second-order valence-corrected chi connectivity index (χ2v) is 7.77. The molecule has 3 rings (SSSR count). The molecule has 0 bridgehead atoms. The number of benzene rings is 1. The first-order chi connectivity index (χ1) is 15.7. The Bertz CT molecular complexity index is 826. The van der Waals surface area contributed by atoms with Crippen LogP contribution in [-0.4, -0.2) is 71.0 Å². The maximum absolute atomic E-state index is 5.56. The van der Waals surface area contributed by atoms with Crippen molar-refractivity contribution in [2.75, 3.05) is 60.2 Å². The zero-order valence-corrected chi connectivity index (χ0v) is 22.2. The van der Waals surface area contributed by atoms with Gasteiger partial charge in [-0.3, -0.25) is 9.89 Å². The molecule has 0 amide bonds. The summed E-state index contributed by atoms with van der Waals surface area (Å²) in [5.74, 6) is 3.33. The Kier molecular flexibility index (Phi) is 12.4. The summed E-state index contributed by atoms with van der Waals surface area (Å²) in [6.07, 6.45) is 3.49. The van der Waals surface area contributed by atoms with Gasteiger partial charge in [0, 0.05) is 44.7 Å². The summed E-state index contributed by atoms with van der Waals surface area (Å²) >= 11 is 0. The van der Waals surface area contributed by atoms with E-state index in [2.05, 4.69) is 22.5 Å². The van der Waals surface area contributed by atoms with Gasteiger partial charge in [0.25, 0.3) is 0 Å². The van der Waals surface area contributed by atoms with Gasteiger partial charge < -0.3 is 29.3 Å². The molecule has 1 aliphatic heterocycles. The van der Waals surface area contributed by atoms with Gasteiger partial charge in [-0.05, 0) is 43.7 Å². The smallest absolute Gasteiger partial charge is 0.191 e. The van der Waals surface area contributed by atoms with Crippen LogP contribution in [0.5, 0.6) is 11.5 Å². The van der Waals surface area contributed by atoms with Crippen LogP contribution in [-0.2, 0) is 11.2 Å². The SMILES string of the molecule is COc1ccc(OC)c(C(C)NC(=NCCCN2CCOCC2)NCCc2ccco2)c1.I. The summed E-state index contributed by atoms with van der Waals surface area (Å²) in [5, 5.41) is 6.95. The number of hydrogen-bond acceptors (Lipinski definition) is 6. The number of rotatable bonds is 11. The monoisotopic (exact) mass is 572 g/mol. The van der Waals surface area contributed by atoms with Gasteiger partial charge in [-0.2, -0.15) is 0 Å². The summed E-state index contributed by atoms with van der Waals surface area (Å²) in [6.45, 7) is 8.25. The second-order valence-electron chi connectivity index (χ2n) is 7.77. The Morgan fingerprint density at radius 1 is 1.18 bits per heavy atom. The van der Waals surface area contributed by atoms with Gasteiger partial charge in [-0.15, -0.1) is 24.0 Å². The van der Waals surface area contributed by atoms with Crippen LogP contribution in [0.15, 0.2) is 46.0 Å². The first kappa shape index (κ1) is 27.3. The van der Waals surface area contributed by atoms with E-state index in [1.165, 1.54) is 0 Å². The quantitative estimate of drug-likeness (QED) is 0.185. The number of halogens is 1. The van der Waals surface area contributed by atoms with Gasteiger partial charge in [0.15, 0.2) is 5.96 Å². The molecule has 2 aromatic rings. The van der Waals surface area contributed by atoms with E-state index in [0.29, 0.717) is 0 Å². The van der Waals surface area contributed by atoms with Crippen molar-refractivity contribution in [3.8, 4) is 11.5 Å². The molecular weight excluding hydrogens is 535 g/mol. The summed E-state index contributed by atoms with van der Waals surface area (Å²) in [4.78, 5) is 7.26.